The summed E-state index contributed by atoms with van der Waals surface area (Å²) in [6.45, 7) is 2.90. The van der Waals surface area contributed by atoms with Crippen molar-refractivity contribution < 1.29 is 4.79 Å². The first-order valence-corrected chi connectivity index (χ1v) is 8.54. The van der Waals surface area contributed by atoms with Crippen molar-refractivity contribution in [1.29, 1.82) is 5.26 Å². The van der Waals surface area contributed by atoms with Crippen molar-refractivity contribution >= 4 is 11.7 Å². The zero-order chi connectivity index (χ0) is 17.4. The molecule has 0 aromatic carbocycles. The molecule has 2 aliphatic rings. The minimum Gasteiger partial charge on any atom is -0.353 e. The van der Waals surface area contributed by atoms with E-state index in [1.807, 2.05) is 24.3 Å². The van der Waals surface area contributed by atoms with Crippen molar-refractivity contribution in [2.24, 2.45) is 13.0 Å². The Balaban J connectivity index is 1.34. The molecule has 0 spiro atoms. The van der Waals surface area contributed by atoms with Crippen molar-refractivity contribution in [2.75, 3.05) is 31.1 Å². The molecule has 2 aromatic rings. The Kier molecular flexibility index (Phi) is 3.88. The van der Waals surface area contributed by atoms with Gasteiger partial charge in [-0.3, -0.25) is 9.48 Å². The minimum atomic E-state index is 0.107. The van der Waals surface area contributed by atoms with E-state index in [9.17, 15) is 4.79 Å². The van der Waals surface area contributed by atoms with Crippen LogP contribution in [0.25, 0.3) is 0 Å². The summed E-state index contributed by atoms with van der Waals surface area (Å²) in [5, 5.41) is 13.2. The summed E-state index contributed by atoms with van der Waals surface area (Å²) in [6, 6.07) is 5.65. The number of piperazine rings is 1. The molecule has 1 amide bonds. The molecule has 1 saturated heterocycles. The van der Waals surface area contributed by atoms with Crippen LogP contribution in [-0.4, -0.2) is 51.8 Å². The molecule has 0 N–H and O–H groups in total. The van der Waals surface area contributed by atoms with Crippen LogP contribution in [0.1, 0.15) is 23.5 Å². The molecule has 2 atom stereocenters. The van der Waals surface area contributed by atoms with E-state index in [-0.39, 0.29) is 11.8 Å². The first-order valence-electron chi connectivity index (χ1n) is 8.54. The van der Waals surface area contributed by atoms with E-state index >= 15 is 0 Å². The Morgan fingerprint density at radius 1 is 1.32 bits per heavy atom. The maximum Gasteiger partial charge on any atom is 0.226 e. The molecular formula is C18H20N6O. The molecule has 7 heteroatoms. The van der Waals surface area contributed by atoms with E-state index in [0.717, 1.165) is 30.9 Å². The Morgan fingerprint density at radius 2 is 2.12 bits per heavy atom. The lowest BCUT2D eigenvalue weighted by Gasteiger charge is -2.35. The number of carbonyl (C=O) groups excluding carboxylic acids is 1. The minimum absolute atomic E-state index is 0.107. The van der Waals surface area contributed by atoms with Crippen LogP contribution in [0.3, 0.4) is 0 Å². The van der Waals surface area contributed by atoms with E-state index in [4.69, 9.17) is 5.26 Å². The second kappa shape index (κ2) is 6.20. The van der Waals surface area contributed by atoms with Gasteiger partial charge in [-0.1, -0.05) is 0 Å². The van der Waals surface area contributed by atoms with Gasteiger partial charge in [-0.15, -0.1) is 0 Å². The molecule has 0 unspecified atom stereocenters. The molecule has 0 bridgehead atoms. The molecule has 128 valence electrons. The molecule has 1 saturated carbocycles. The quantitative estimate of drug-likeness (QED) is 0.840. The maximum absolute atomic E-state index is 12.7. The van der Waals surface area contributed by atoms with Gasteiger partial charge in [-0.25, -0.2) is 4.98 Å². The fourth-order valence-electron chi connectivity index (χ4n) is 3.52. The first kappa shape index (κ1) is 15.6. The molecule has 2 fully saturated rings. The smallest absolute Gasteiger partial charge is 0.226 e. The molecule has 1 aliphatic heterocycles. The summed E-state index contributed by atoms with van der Waals surface area (Å²) in [7, 11) is 1.90. The number of nitrogens with zero attached hydrogens (tertiary/aromatic N) is 6. The number of pyridine rings is 1. The van der Waals surface area contributed by atoms with Gasteiger partial charge in [0.05, 0.1) is 17.8 Å². The van der Waals surface area contributed by atoms with Crippen LogP contribution in [0.5, 0.6) is 0 Å². The first-order chi connectivity index (χ1) is 12.2. The standard InChI is InChI=1S/C18H20N6O/c1-22-12-14(11-21-22)15-9-16(15)18(25)24-6-4-23(5-7-24)17-8-13(10-19)2-3-20-17/h2-3,8,11-12,15-16H,4-7,9H2,1H3/t15-,16-/m0/s1. The van der Waals surface area contributed by atoms with E-state index in [2.05, 4.69) is 21.1 Å². The van der Waals surface area contributed by atoms with Crippen LogP contribution >= 0.6 is 0 Å². The number of nitriles is 1. The zero-order valence-corrected chi connectivity index (χ0v) is 14.2. The van der Waals surface area contributed by atoms with Gasteiger partial charge in [0, 0.05) is 51.5 Å². The topological polar surface area (TPSA) is 78.0 Å². The van der Waals surface area contributed by atoms with Gasteiger partial charge in [0.2, 0.25) is 5.91 Å². The van der Waals surface area contributed by atoms with Gasteiger partial charge in [-0.2, -0.15) is 10.4 Å². The lowest BCUT2D eigenvalue weighted by molar-refractivity contribution is -0.133. The number of hydrogen-bond acceptors (Lipinski definition) is 5. The van der Waals surface area contributed by atoms with Crippen LogP contribution in [-0.2, 0) is 11.8 Å². The normalized spacial score (nSPS) is 22.6. The summed E-state index contributed by atoms with van der Waals surface area (Å²) in [6.07, 6.45) is 6.46. The van der Waals surface area contributed by atoms with Gasteiger partial charge in [0.1, 0.15) is 5.82 Å². The predicted molar refractivity (Wildman–Crippen MR) is 91.8 cm³/mol. The van der Waals surface area contributed by atoms with E-state index in [0.29, 0.717) is 24.6 Å². The highest BCUT2D eigenvalue weighted by molar-refractivity contribution is 5.83. The molecule has 2 aromatic heterocycles. The molecule has 4 rings (SSSR count). The van der Waals surface area contributed by atoms with E-state index in [1.54, 1.807) is 23.0 Å². The number of rotatable bonds is 3. The molecule has 0 radical (unpaired) electrons. The van der Waals surface area contributed by atoms with Crippen LogP contribution in [0.2, 0.25) is 0 Å². The zero-order valence-electron chi connectivity index (χ0n) is 14.2. The lowest BCUT2D eigenvalue weighted by Crippen LogP contribution is -2.49. The van der Waals surface area contributed by atoms with Crippen LogP contribution < -0.4 is 4.90 Å². The Morgan fingerprint density at radius 3 is 2.80 bits per heavy atom. The lowest BCUT2D eigenvalue weighted by atomic mass is 10.1. The molecule has 1 aliphatic carbocycles. The summed E-state index contributed by atoms with van der Waals surface area (Å²) >= 11 is 0. The second-order valence-electron chi connectivity index (χ2n) is 6.72. The number of anilines is 1. The van der Waals surface area contributed by atoms with Crippen molar-refractivity contribution in [1.82, 2.24) is 19.7 Å². The second-order valence-corrected chi connectivity index (χ2v) is 6.72. The predicted octanol–water partition coefficient (Wildman–Crippen LogP) is 1.14. The van der Waals surface area contributed by atoms with Crippen LogP contribution in [0.4, 0.5) is 5.82 Å². The Labute approximate surface area is 146 Å². The summed E-state index contributed by atoms with van der Waals surface area (Å²) in [5.41, 5.74) is 1.78. The van der Waals surface area contributed by atoms with Crippen molar-refractivity contribution in [3.63, 3.8) is 0 Å². The summed E-state index contributed by atoms with van der Waals surface area (Å²) in [4.78, 5) is 21.2. The monoisotopic (exact) mass is 336 g/mol. The fourth-order valence-corrected chi connectivity index (χ4v) is 3.52. The average molecular weight is 336 g/mol. The SMILES string of the molecule is Cn1cc([C@@H]2C[C@@H]2C(=O)N2CCN(c3cc(C#N)ccn3)CC2)cn1. The largest absolute Gasteiger partial charge is 0.353 e. The highest BCUT2D eigenvalue weighted by Gasteiger charge is 2.46. The maximum atomic E-state index is 12.7. The molecule has 7 nitrogen and oxygen atoms in total. The van der Waals surface area contributed by atoms with Gasteiger partial charge in [0.15, 0.2) is 0 Å². The van der Waals surface area contributed by atoms with Gasteiger partial charge >= 0.3 is 0 Å². The third-order valence-electron chi connectivity index (χ3n) is 5.05. The number of amides is 1. The van der Waals surface area contributed by atoms with E-state index in [1.165, 1.54) is 0 Å². The number of carbonyl (C=O) groups is 1. The highest BCUT2D eigenvalue weighted by atomic mass is 16.2. The van der Waals surface area contributed by atoms with Crippen LogP contribution in [0, 0.1) is 17.2 Å². The number of aromatic nitrogens is 3. The van der Waals surface area contributed by atoms with Crippen molar-refractivity contribution in [3.05, 3.63) is 41.9 Å². The summed E-state index contributed by atoms with van der Waals surface area (Å²) in [5.74, 6) is 1.50. The Hall–Kier alpha value is -2.88. The average Bonchev–Trinajstić information content (AvgIpc) is 3.35. The molecule has 3 heterocycles. The molecular weight excluding hydrogens is 316 g/mol. The van der Waals surface area contributed by atoms with Gasteiger partial charge < -0.3 is 9.80 Å². The fraction of sp³-hybridized carbons (Fsp3) is 0.444. The van der Waals surface area contributed by atoms with Crippen molar-refractivity contribution in [2.45, 2.75) is 12.3 Å². The number of hydrogen-bond donors (Lipinski definition) is 0. The Bertz CT molecular complexity index is 830. The van der Waals surface area contributed by atoms with Crippen molar-refractivity contribution in [3.8, 4) is 6.07 Å². The van der Waals surface area contributed by atoms with Crippen LogP contribution in [0.15, 0.2) is 30.7 Å². The molecule has 25 heavy (non-hydrogen) atoms. The summed E-state index contributed by atoms with van der Waals surface area (Å²) < 4.78 is 1.79. The van der Waals surface area contributed by atoms with E-state index < -0.39 is 0 Å². The third kappa shape index (κ3) is 3.07. The van der Waals surface area contributed by atoms with Gasteiger partial charge in [-0.05, 0) is 30.0 Å². The third-order valence-corrected chi connectivity index (χ3v) is 5.05. The number of aryl methyl sites for hydroxylation is 1. The highest BCUT2D eigenvalue weighted by Crippen LogP contribution is 2.48. The van der Waals surface area contributed by atoms with Gasteiger partial charge in [0.25, 0.3) is 0 Å².